The Morgan fingerprint density at radius 3 is 2.94 bits per heavy atom. The standard InChI is InChI=1S/C15H21NO2/c1-3-12-6-4-5-7-14(12)18-15-10-13(11(2)17)8-9-16-15/h8-10,12,14H,3-7H2,1-2H3. The molecule has 3 nitrogen and oxygen atoms in total. The van der Waals surface area contributed by atoms with Crippen molar-refractivity contribution < 1.29 is 9.53 Å². The third-order valence-electron chi connectivity index (χ3n) is 3.78. The van der Waals surface area contributed by atoms with E-state index in [0.29, 0.717) is 17.4 Å². The second-order valence-corrected chi connectivity index (χ2v) is 5.05. The van der Waals surface area contributed by atoms with Crippen LogP contribution in [0.15, 0.2) is 18.3 Å². The van der Waals surface area contributed by atoms with E-state index in [9.17, 15) is 4.79 Å². The van der Waals surface area contributed by atoms with Gasteiger partial charge >= 0.3 is 0 Å². The summed E-state index contributed by atoms with van der Waals surface area (Å²) in [6.07, 6.45) is 7.94. The van der Waals surface area contributed by atoms with Crippen LogP contribution in [0.3, 0.4) is 0 Å². The van der Waals surface area contributed by atoms with Gasteiger partial charge < -0.3 is 4.74 Å². The molecule has 3 heteroatoms. The quantitative estimate of drug-likeness (QED) is 0.763. The Kier molecular flexibility index (Phi) is 4.34. The highest BCUT2D eigenvalue weighted by Crippen LogP contribution is 2.30. The number of rotatable bonds is 4. The molecule has 1 aromatic rings. The monoisotopic (exact) mass is 247 g/mol. The number of pyridine rings is 1. The zero-order valence-electron chi connectivity index (χ0n) is 11.2. The Morgan fingerprint density at radius 2 is 2.22 bits per heavy atom. The Balaban J connectivity index is 2.07. The number of carbonyl (C=O) groups is 1. The van der Waals surface area contributed by atoms with Crippen LogP contribution < -0.4 is 4.74 Å². The first-order valence-corrected chi connectivity index (χ1v) is 6.84. The molecule has 0 radical (unpaired) electrons. The van der Waals surface area contributed by atoms with Crippen molar-refractivity contribution in [3.63, 3.8) is 0 Å². The second kappa shape index (κ2) is 5.98. The van der Waals surface area contributed by atoms with Gasteiger partial charge in [-0.2, -0.15) is 0 Å². The van der Waals surface area contributed by atoms with Gasteiger partial charge in [0.2, 0.25) is 5.88 Å². The van der Waals surface area contributed by atoms with Crippen molar-refractivity contribution in [1.82, 2.24) is 4.98 Å². The summed E-state index contributed by atoms with van der Waals surface area (Å²) in [5, 5.41) is 0. The van der Waals surface area contributed by atoms with Gasteiger partial charge in [0.1, 0.15) is 6.10 Å². The molecule has 98 valence electrons. The lowest BCUT2D eigenvalue weighted by Gasteiger charge is -2.30. The molecule has 1 saturated carbocycles. The molecule has 2 rings (SSSR count). The fraction of sp³-hybridized carbons (Fsp3) is 0.600. The first-order valence-electron chi connectivity index (χ1n) is 6.84. The number of aromatic nitrogens is 1. The third-order valence-corrected chi connectivity index (χ3v) is 3.78. The largest absolute Gasteiger partial charge is 0.474 e. The van der Waals surface area contributed by atoms with Crippen LogP contribution in [0.1, 0.15) is 56.3 Å². The Bertz CT molecular complexity index is 417. The molecule has 0 spiro atoms. The minimum absolute atomic E-state index is 0.0536. The summed E-state index contributed by atoms with van der Waals surface area (Å²) in [7, 11) is 0. The molecule has 2 atom stereocenters. The molecule has 0 aromatic carbocycles. The second-order valence-electron chi connectivity index (χ2n) is 5.05. The topological polar surface area (TPSA) is 39.2 Å². The highest BCUT2D eigenvalue weighted by molar-refractivity contribution is 5.94. The van der Waals surface area contributed by atoms with Gasteiger partial charge in [0.05, 0.1) is 0 Å². The van der Waals surface area contributed by atoms with E-state index in [4.69, 9.17) is 4.74 Å². The van der Waals surface area contributed by atoms with Crippen LogP contribution in [-0.4, -0.2) is 16.9 Å². The van der Waals surface area contributed by atoms with Crippen LogP contribution in [0.4, 0.5) is 0 Å². The Labute approximate surface area is 109 Å². The van der Waals surface area contributed by atoms with Crippen LogP contribution in [0, 0.1) is 5.92 Å². The summed E-state index contributed by atoms with van der Waals surface area (Å²) in [6, 6.07) is 3.48. The average molecular weight is 247 g/mol. The minimum atomic E-state index is 0.0536. The maximum Gasteiger partial charge on any atom is 0.214 e. The van der Waals surface area contributed by atoms with Gasteiger partial charge in [-0.25, -0.2) is 4.98 Å². The molecular weight excluding hydrogens is 226 g/mol. The zero-order valence-corrected chi connectivity index (χ0v) is 11.2. The van der Waals surface area contributed by atoms with Crippen LogP contribution in [-0.2, 0) is 0 Å². The smallest absolute Gasteiger partial charge is 0.214 e. The van der Waals surface area contributed by atoms with E-state index in [2.05, 4.69) is 11.9 Å². The molecule has 1 aromatic heterocycles. The summed E-state index contributed by atoms with van der Waals surface area (Å²) in [4.78, 5) is 15.5. The zero-order chi connectivity index (χ0) is 13.0. The lowest BCUT2D eigenvalue weighted by Crippen LogP contribution is -2.30. The summed E-state index contributed by atoms with van der Waals surface area (Å²) in [5.74, 6) is 1.27. The molecule has 18 heavy (non-hydrogen) atoms. The van der Waals surface area contributed by atoms with E-state index >= 15 is 0 Å². The van der Waals surface area contributed by atoms with Gasteiger partial charge in [0.15, 0.2) is 5.78 Å². The number of carbonyl (C=O) groups excluding carboxylic acids is 1. The van der Waals surface area contributed by atoms with Crippen LogP contribution >= 0.6 is 0 Å². The number of ketones is 1. The molecule has 1 aliphatic carbocycles. The van der Waals surface area contributed by atoms with Crippen LogP contribution in [0.2, 0.25) is 0 Å². The van der Waals surface area contributed by atoms with Crippen molar-refractivity contribution >= 4 is 5.78 Å². The molecule has 0 bridgehead atoms. The van der Waals surface area contributed by atoms with Crippen molar-refractivity contribution in [3.8, 4) is 5.88 Å². The van der Waals surface area contributed by atoms with Gasteiger partial charge in [-0.1, -0.05) is 13.3 Å². The van der Waals surface area contributed by atoms with Gasteiger partial charge in [0, 0.05) is 17.8 Å². The highest BCUT2D eigenvalue weighted by Gasteiger charge is 2.25. The first-order chi connectivity index (χ1) is 8.70. The highest BCUT2D eigenvalue weighted by atomic mass is 16.5. The summed E-state index contributed by atoms with van der Waals surface area (Å²) in [6.45, 7) is 3.78. The molecule has 1 fully saturated rings. The molecule has 2 unspecified atom stereocenters. The van der Waals surface area contributed by atoms with Crippen LogP contribution in [0.5, 0.6) is 5.88 Å². The van der Waals surface area contributed by atoms with Gasteiger partial charge in [-0.05, 0) is 44.6 Å². The third kappa shape index (κ3) is 3.09. The number of hydrogen-bond acceptors (Lipinski definition) is 3. The predicted octanol–water partition coefficient (Wildman–Crippen LogP) is 3.63. The predicted molar refractivity (Wildman–Crippen MR) is 70.9 cm³/mol. The van der Waals surface area contributed by atoms with Crippen LogP contribution in [0.25, 0.3) is 0 Å². The maximum absolute atomic E-state index is 11.3. The number of hydrogen-bond donors (Lipinski definition) is 0. The van der Waals surface area contributed by atoms with Crippen molar-refractivity contribution in [2.24, 2.45) is 5.92 Å². The molecule has 0 saturated heterocycles. The number of ether oxygens (including phenoxy) is 1. The fourth-order valence-electron chi connectivity index (χ4n) is 2.64. The number of Topliss-reactive ketones (excluding diaryl/α,β-unsaturated/α-hetero) is 1. The maximum atomic E-state index is 11.3. The van der Waals surface area contributed by atoms with Crippen molar-refractivity contribution in [2.75, 3.05) is 0 Å². The van der Waals surface area contributed by atoms with Crippen molar-refractivity contribution in [1.29, 1.82) is 0 Å². The lowest BCUT2D eigenvalue weighted by atomic mass is 9.85. The van der Waals surface area contributed by atoms with E-state index < -0.39 is 0 Å². The molecule has 1 aliphatic rings. The van der Waals surface area contributed by atoms with E-state index in [0.717, 1.165) is 12.8 Å². The SMILES string of the molecule is CCC1CCCCC1Oc1cc(C(C)=O)ccn1. The Hall–Kier alpha value is -1.38. The van der Waals surface area contributed by atoms with Gasteiger partial charge in [-0.3, -0.25) is 4.79 Å². The minimum Gasteiger partial charge on any atom is -0.474 e. The van der Waals surface area contributed by atoms with Crippen molar-refractivity contribution in [3.05, 3.63) is 23.9 Å². The summed E-state index contributed by atoms with van der Waals surface area (Å²) >= 11 is 0. The first kappa shape index (κ1) is 13.1. The van der Waals surface area contributed by atoms with E-state index in [1.807, 2.05) is 0 Å². The van der Waals surface area contributed by atoms with E-state index in [1.54, 1.807) is 25.3 Å². The van der Waals surface area contributed by atoms with E-state index in [-0.39, 0.29) is 11.9 Å². The molecule has 0 aliphatic heterocycles. The van der Waals surface area contributed by atoms with Crippen molar-refractivity contribution in [2.45, 2.75) is 52.1 Å². The van der Waals surface area contributed by atoms with Gasteiger partial charge in [-0.15, -0.1) is 0 Å². The lowest BCUT2D eigenvalue weighted by molar-refractivity contribution is 0.0854. The van der Waals surface area contributed by atoms with E-state index in [1.165, 1.54) is 19.3 Å². The summed E-state index contributed by atoms with van der Waals surface area (Å²) < 4.78 is 5.99. The van der Waals surface area contributed by atoms with Gasteiger partial charge in [0.25, 0.3) is 0 Å². The normalized spacial score (nSPS) is 23.7. The number of nitrogens with zero attached hydrogens (tertiary/aromatic N) is 1. The molecule has 0 amide bonds. The fourth-order valence-corrected chi connectivity index (χ4v) is 2.64. The average Bonchev–Trinajstić information content (AvgIpc) is 2.39. The molecule has 0 N–H and O–H groups in total. The molecular formula is C15H21NO2. The molecule has 1 heterocycles. The Morgan fingerprint density at radius 1 is 1.44 bits per heavy atom. The summed E-state index contributed by atoms with van der Waals surface area (Å²) in [5.41, 5.74) is 0.670.